The molecule has 2 aromatic carbocycles. The standard InChI is InChI=1S/C18H23N3S/c1-18(2,3)17-12-21(20-19-17)15-8-6-14-11-16(22(4)5)9-7-13(14)10-15/h6-12,22H,1-5H3. The number of benzene rings is 2. The minimum Gasteiger partial charge on any atom is -0.233 e. The maximum Gasteiger partial charge on any atom is 0.0885 e. The van der Waals surface area contributed by atoms with Crippen molar-refractivity contribution < 1.29 is 0 Å². The molecule has 1 aromatic heterocycles. The molecular weight excluding hydrogens is 290 g/mol. The molecule has 0 bridgehead atoms. The first kappa shape index (κ1) is 15.1. The number of hydrogen-bond donors (Lipinski definition) is 1. The zero-order chi connectivity index (χ0) is 15.9. The monoisotopic (exact) mass is 313 g/mol. The molecule has 0 fully saturated rings. The van der Waals surface area contributed by atoms with E-state index in [1.54, 1.807) is 0 Å². The van der Waals surface area contributed by atoms with Crippen LogP contribution < -0.4 is 0 Å². The molecule has 3 rings (SSSR count). The van der Waals surface area contributed by atoms with Crippen molar-refractivity contribution in [1.29, 1.82) is 0 Å². The smallest absolute Gasteiger partial charge is 0.0885 e. The van der Waals surface area contributed by atoms with Gasteiger partial charge in [-0.2, -0.15) is 0 Å². The summed E-state index contributed by atoms with van der Waals surface area (Å²) in [6.45, 7) is 6.45. The topological polar surface area (TPSA) is 30.7 Å². The van der Waals surface area contributed by atoms with Crippen LogP contribution in [0.2, 0.25) is 0 Å². The summed E-state index contributed by atoms with van der Waals surface area (Å²) in [5.74, 6) is 0. The number of fused-ring (bicyclic) bond motifs is 1. The van der Waals surface area contributed by atoms with Gasteiger partial charge >= 0.3 is 0 Å². The first-order valence-corrected chi connectivity index (χ1v) is 9.72. The van der Waals surface area contributed by atoms with E-state index < -0.39 is 0 Å². The summed E-state index contributed by atoms with van der Waals surface area (Å²) in [6, 6.07) is 13.2. The Morgan fingerprint density at radius 3 is 2.27 bits per heavy atom. The molecule has 0 aliphatic rings. The van der Waals surface area contributed by atoms with Crippen molar-refractivity contribution in [3.05, 3.63) is 48.3 Å². The van der Waals surface area contributed by atoms with Gasteiger partial charge in [0.1, 0.15) is 0 Å². The molecular formula is C18H23N3S. The first-order chi connectivity index (χ1) is 10.3. The molecule has 0 saturated carbocycles. The van der Waals surface area contributed by atoms with E-state index in [2.05, 4.69) is 80.0 Å². The number of aromatic nitrogens is 3. The van der Waals surface area contributed by atoms with Gasteiger partial charge < -0.3 is 0 Å². The summed E-state index contributed by atoms with van der Waals surface area (Å²) in [7, 11) is -0.0576. The summed E-state index contributed by atoms with van der Waals surface area (Å²) in [5, 5.41) is 11.1. The van der Waals surface area contributed by atoms with E-state index in [-0.39, 0.29) is 16.3 Å². The van der Waals surface area contributed by atoms with Gasteiger partial charge in [-0.1, -0.05) is 38.1 Å². The van der Waals surface area contributed by atoms with Gasteiger partial charge in [-0.05, 0) is 52.4 Å². The molecule has 1 heterocycles. The van der Waals surface area contributed by atoms with Gasteiger partial charge in [0, 0.05) is 5.41 Å². The Balaban J connectivity index is 2.02. The highest BCUT2D eigenvalue weighted by Gasteiger charge is 2.18. The Bertz CT molecular complexity index is 813. The van der Waals surface area contributed by atoms with E-state index in [0.717, 1.165) is 11.4 Å². The molecule has 0 aliphatic heterocycles. The third-order valence-corrected chi connectivity index (χ3v) is 5.16. The van der Waals surface area contributed by atoms with Crippen LogP contribution in [0, 0.1) is 0 Å². The third kappa shape index (κ3) is 2.88. The van der Waals surface area contributed by atoms with Crippen molar-refractivity contribution in [1.82, 2.24) is 15.0 Å². The van der Waals surface area contributed by atoms with Crippen LogP contribution in [0.15, 0.2) is 47.5 Å². The Morgan fingerprint density at radius 2 is 1.64 bits per heavy atom. The lowest BCUT2D eigenvalue weighted by molar-refractivity contribution is 0.566. The van der Waals surface area contributed by atoms with Crippen LogP contribution in [0.3, 0.4) is 0 Å². The fourth-order valence-corrected chi connectivity index (χ4v) is 3.14. The molecule has 116 valence electrons. The predicted molar refractivity (Wildman–Crippen MR) is 96.7 cm³/mol. The van der Waals surface area contributed by atoms with Crippen molar-refractivity contribution in [3.63, 3.8) is 0 Å². The van der Waals surface area contributed by atoms with Crippen LogP contribution in [-0.2, 0) is 5.41 Å². The van der Waals surface area contributed by atoms with Crippen molar-refractivity contribution in [2.24, 2.45) is 0 Å². The highest BCUT2D eigenvalue weighted by molar-refractivity contribution is 8.15. The van der Waals surface area contributed by atoms with Gasteiger partial charge in [-0.25, -0.2) is 15.6 Å². The minimum atomic E-state index is -0.0576. The van der Waals surface area contributed by atoms with Crippen molar-refractivity contribution in [2.45, 2.75) is 31.1 Å². The van der Waals surface area contributed by atoms with Crippen LogP contribution in [0.5, 0.6) is 0 Å². The van der Waals surface area contributed by atoms with Crippen molar-refractivity contribution in [2.75, 3.05) is 12.5 Å². The lowest BCUT2D eigenvalue weighted by Crippen LogP contribution is -2.11. The summed E-state index contributed by atoms with van der Waals surface area (Å²) in [5.41, 5.74) is 2.08. The molecule has 0 amide bonds. The molecule has 0 saturated heterocycles. The number of nitrogens with zero attached hydrogens (tertiary/aromatic N) is 3. The molecule has 22 heavy (non-hydrogen) atoms. The van der Waals surface area contributed by atoms with Gasteiger partial charge in [-0.3, -0.25) is 0 Å². The summed E-state index contributed by atoms with van der Waals surface area (Å²) >= 11 is 0. The van der Waals surface area contributed by atoms with Crippen molar-refractivity contribution in [3.8, 4) is 5.69 Å². The second-order valence-electron chi connectivity index (χ2n) is 6.91. The highest BCUT2D eigenvalue weighted by Crippen LogP contribution is 2.31. The van der Waals surface area contributed by atoms with Gasteiger partial charge in [0.2, 0.25) is 0 Å². The molecule has 0 N–H and O–H groups in total. The lowest BCUT2D eigenvalue weighted by atomic mass is 9.93. The molecule has 3 aromatic rings. The van der Waals surface area contributed by atoms with Crippen LogP contribution in [0.1, 0.15) is 26.5 Å². The molecule has 0 atom stereocenters. The number of thiol groups is 1. The predicted octanol–water partition coefficient (Wildman–Crippen LogP) is 4.34. The van der Waals surface area contributed by atoms with Gasteiger partial charge in [0.05, 0.1) is 17.6 Å². The quantitative estimate of drug-likeness (QED) is 0.714. The maximum atomic E-state index is 4.30. The molecule has 0 unspecified atom stereocenters. The molecule has 4 heteroatoms. The van der Waals surface area contributed by atoms with E-state index >= 15 is 0 Å². The van der Waals surface area contributed by atoms with E-state index in [1.807, 2.05) is 10.9 Å². The van der Waals surface area contributed by atoms with E-state index in [4.69, 9.17) is 0 Å². The normalized spacial score (nSPS) is 12.7. The SMILES string of the molecule is C[SH](C)c1ccc2cc(-n3cc(C(C)(C)C)nn3)ccc2c1. The second kappa shape index (κ2) is 5.43. The molecule has 0 aliphatic carbocycles. The zero-order valence-corrected chi connectivity index (χ0v) is 14.7. The fourth-order valence-electron chi connectivity index (χ4n) is 2.37. The Kier molecular flexibility index (Phi) is 3.73. The van der Waals surface area contributed by atoms with Crippen LogP contribution >= 0.6 is 10.9 Å². The van der Waals surface area contributed by atoms with E-state index in [0.29, 0.717) is 0 Å². The minimum absolute atomic E-state index is 0.0173. The summed E-state index contributed by atoms with van der Waals surface area (Å²) < 4.78 is 1.86. The summed E-state index contributed by atoms with van der Waals surface area (Å²) in [4.78, 5) is 1.44. The fraction of sp³-hybridized carbons (Fsp3) is 0.333. The average Bonchev–Trinajstić information content (AvgIpc) is 2.96. The van der Waals surface area contributed by atoms with Gasteiger partial charge in [-0.15, -0.1) is 5.10 Å². The maximum absolute atomic E-state index is 4.30. The Hall–Kier alpha value is -1.81. The van der Waals surface area contributed by atoms with E-state index in [9.17, 15) is 0 Å². The van der Waals surface area contributed by atoms with Gasteiger partial charge in [0.25, 0.3) is 0 Å². The Morgan fingerprint density at radius 1 is 0.955 bits per heavy atom. The molecule has 0 spiro atoms. The van der Waals surface area contributed by atoms with Crippen LogP contribution in [0.25, 0.3) is 16.5 Å². The molecule has 0 radical (unpaired) electrons. The van der Waals surface area contributed by atoms with Crippen molar-refractivity contribution >= 4 is 21.7 Å². The Labute approximate surface area is 134 Å². The third-order valence-electron chi connectivity index (χ3n) is 3.85. The van der Waals surface area contributed by atoms with Crippen LogP contribution in [0.4, 0.5) is 0 Å². The van der Waals surface area contributed by atoms with Crippen LogP contribution in [-0.4, -0.2) is 27.5 Å². The highest BCUT2D eigenvalue weighted by atomic mass is 32.2. The van der Waals surface area contributed by atoms with E-state index in [1.165, 1.54) is 15.7 Å². The number of rotatable bonds is 2. The largest absolute Gasteiger partial charge is 0.233 e. The second-order valence-corrected chi connectivity index (χ2v) is 9.21. The van der Waals surface area contributed by atoms with Gasteiger partial charge in [0.15, 0.2) is 0 Å². The summed E-state index contributed by atoms with van der Waals surface area (Å²) in [6.07, 6.45) is 6.59. The lowest BCUT2D eigenvalue weighted by Gasteiger charge is -2.13. The average molecular weight is 313 g/mol. The first-order valence-electron chi connectivity index (χ1n) is 7.49. The number of hydrogen-bond acceptors (Lipinski definition) is 2. The zero-order valence-electron chi connectivity index (χ0n) is 13.8. The molecule has 3 nitrogen and oxygen atoms in total.